The van der Waals surface area contributed by atoms with Crippen molar-refractivity contribution in [2.75, 3.05) is 11.0 Å². The van der Waals surface area contributed by atoms with Crippen LogP contribution in [-0.2, 0) is 0 Å². The molecule has 1 aromatic carbocycles. The van der Waals surface area contributed by atoms with E-state index in [0.29, 0.717) is 0 Å². The zero-order chi connectivity index (χ0) is 13.2. The van der Waals surface area contributed by atoms with Crippen molar-refractivity contribution < 1.29 is 0 Å². The highest BCUT2D eigenvalue weighted by Crippen LogP contribution is 2.29. The first kappa shape index (κ1) is 12.1. The molecule has 2 aromatic heterocycles. The van der Waals surface area contributed by atoms with E-state index in [9.17, 15) is 0 Å². The highest BCUT2D eigenvalue weighted by atomic mass is 32.2. The van der Waals surface area contributed by atoms with Crippen LogP contribution in [0.25, 0.3) is 22.2 Å². The van der Waals surface area contributed by atoms with Gasteiger partial charge in [0.15, 0.2) is 0 Å². The number of fused-ring (bicyclic) bond motifs is 1. The maximum atomic E-state index is 4.36. The van der Waals surface area contributed by atoms with Crippen LogP contribution in [-0.4, -0.2) is 16.2 Å². The average Bonchev–Trinajstić information content (AvgIpc) is 2.80. The minimum absolute atomic E-state index is 0.946. The van der Waals surface area contributed by atoms with E-state index in [4.69, 9.17) is 0 Å². The van der Waals surface area contributed by atoms with Crippen LogP contribution in [0.5, 0.6) is 0 Å². The molecular formula is C15H15N3S. The number of aromatic amines is 1. The highest BCUT2D eigenvalue weighted by Gasteiger charge is 2.06. The van der Waals surface area contributed by atoms with E-state index >= 15 is 0 Å². The van der Waals surface area contributed by atoms with Gasteiger partial charge >= 0.3 is 0 Å². The molecule has 2 heterocycles. The summed E-state index contributed by atoms with van der Waals surface area (Å²) in [6, 6.07) is 12.7. The number of aryl methyl sites for hydroxylation is 1. The van der Waals surface area contributed by atoms with Gasteiger partial charge in [0, 0.05) is 29.2 Å². The second kappa shape index (κ2) is 4.97. The summed E-state index contributed by atoms with van der Waals surface area (Å²) in [6.07, 6.45) is 3.87. The molecule has 96 valence electrons. The van der Waals surface area contributed by atoms with E-state index in [-0.39, 0.29) is 0 Å². The van der Waals surface area contributed by atoms with E-state index in [1.807, 2.05) is 12.5 Å². The zero-order valence-corrected chi connectivity index (χ0v) is 11.7. The fourth-order valence-electron chi connectivity index (χ4n) is 2.25. The summed E-state index contributed by atoms with van der Waals surface area (Å²) in [5, 5.41) is 1.17. The van der Waals surface area contributed by atoms with Crippen LogP contribution < -0.4 is 4.72 Å². The van der Waals surface area contributed by atoms with Gasteiger partial charge in [-0.25, -0.2) is 4.98 Å². The van der Waals surface area contributed by atoms with Gasteiger partial charge in [-0.15, -0.1) is 0 Å². The lowest BCUT2D eigenvalue weighted by molar-refractivity contribution is 1.25. The Hall–Kier alpha value is -1.94. The Labute approximate surface area is 116 Å². The van der Waals surface area contributed by atoms with Gasteiger partial charge in [-0.1, -0.05) is 24.1 Å². The predicted molar refractivity (Wildman–Crippen MR) is 83.4 cm³/mol. The average molecular weight is 269 g/mol. The van der Waals surface area contributed by atoms with E-state index in [0.717, 1.165) is 17.0 Å². The number of H-pyrrole nitrogens is 1. The molecule has 0 aliphatic heterocycles. The molecule has 3 rings (SSSR count). The molecule has 2 N–H and O–H groups in total. The minimum Gasteiger partial charge on any atom is -0.344 e. The molecule has 0 unspecified atom stereocenters. The maximum Gasteiger partial charge on any atom is 0.138 e. The van der Waals surface area contributed by atoms with E-state index in [1.54, 1.807) is 11.9 Å². The number of hydrogen-bond acceptors (Lipinski definition) is 3. The van der Waals surface area contributed by atoms with Crippen LogP contribution in [0.4, 0.5) is 5.69 Å². The van der Waals surface area contributed by atoms with Crippen molar-refractivity contribution in [1.82, 2.24) is 9.97 Å². The molecule has 0 atom stereocenters. The van der Waals surface area contributed by atoms with Crippen LogP contribution in [0.1, 0.15) is 5.69 Å². The van der Waals surface area contributed by atoms with Gasteiger partial charge in [-0.3, -0.25) is 0 Å². The van der Waals surface area contributed by atoms with Gasteiger partial charge in [0.2, 0.25) is 0 Å². The van der Waals surface area contributed by atoms with Gasteiger partial charge in [0.05, 0.1) is 0 Å². The fraction of sp³-hybridized carbons (Fsp3) is 0.133. The van der Waals surface area contributed by atoms with Crippen LogP contribution in [0.2, 0.25) is 0 Å². The largest absolute Gasteiger partial charge is 0.344 e. The summed E-state index contributed by atoms with van der Waals surface area (Å²) in [7, 11) is 0. The van der Waals surface area contributed by atoms with Crippen molar-refractivity contribution in [2.45, 2.75) is 6.92 Å². The minimum atomic E-state index is 0.946. The summed E-state index contributed by atoms with van der Waals surface area (Å²) in [4.78, 5) is 7.64. The fourth-order valence-corrected chi connectivity index (χ4v) is 2.62. The van der Waals surface area contributed by atoms with Gasteiger partial charge in [0.25, 0.3) is 0 Å². The summed E-state index contributed by atoms with van der Waals surface area (Å²) < 4.78 is 3.23. The van der Waals surface area contributed by atoms with Gasteiger partial charge in [0.1, 0.15) is 5.65 Å². The van der Waals surface area contributed by atoms with Crippen molar-refractivity contribution in [1.29, 1.82) is 0 Å². The number of benzene rings is 1. The predicted octanol–water partition coefficient (Wildman–Crippen LogP) is 4.23. The molecule has 4 heteroatoms. The third kappa shape index (κ3) is 2.31. The molecule has 19 heavy (non-hydrogen) atoms. The Bertz CT molecular complexity index is 701. The van der Waals surface area contributed by atoms with Crippen LogP contribution in [0.15, 0.2) is 42.6 Å². The molecule has 3 aromatic rings. The summed E-state index contributed by atoms with van der Waals surface area (Å²) in [5.74, 6) is 0. The molecule has 0 saturated heterocycles. The van der Waals surface area contributed by atoms with E-state index < -0.39 is 0 Å². The molecule has 0 amide bonds. The number of nitrogens with one attached hydrogen (secondary N) is 2. The number of rotatable bonds is 3. The Morgan fingerprint density at radius 3 is 2.68 bits per heavy atom. The molecule has 3 nitrogen and oxygen atoms in total. The van der Waals surface area contributed by atoms with Crippen LogP contribution in [0.3, 0.4) is 0 Å². The normalized spacial score (nSPS) is 10.8. The summed E-state index contributed by atoms with van der Waals surface area (Å²) >= 11 is 1.60. The van der Waals surface area contributed by atoms with Crippen LogP contribution in [0, 0.1) is 6.92 Å². The first-order valence-electron chi connectivity index (χ1n) is 6.11. The van der Waals surface area contributed by atoms with E-state index in [1.165, 1.54) is 16.5 Å². The highest BCUT2D eigenvalue weighted by molar-refractivity contribution is 7.99. The quantitative estimate of drug-likeness (QED) is 0.699. The summed E-state index contributed by atoms with van der Waals surface area (Å²) in [6.45, 7) is 2.05. The van der Waals surface area contributed by atoms with Gasteiger partial charge in [-0.2, -0.15) is 0 Å². The third-order valence-corrected chi connectivity index (χ3v) is 3.52. The SMILES string of the molecule is CSNc1ccc(-c2ccnc3[nH]c(C)cc23)cc1. The first-order valence-corrected chi connectivity index (χ1v) is 7.34. The number of pyridine rings is 1. The number of nitrogens with zero attached hydrogens (tertiary/aromatic N) is 1. The number of aromatic nitrogens is 2. The van der Waals surface area contributed by atoms with Gasteiger partial charge < -0.3 is 9.71 Å². The lowest BCUT2D eigenvalue weighted by Gasteiger charge is -2.06. The number of hydrogen-bond donors (Lipinski definition) is 2. The van der Waals surface area contributed by atoms with E-state index in [2.05, 4.69) is 58.0 Å². The summed E-state index contributed by atoms with van der Waals surface area (Å²) in [5.41, 5.74) is 5.62. The molecule has 0 spiro atoms. The Balaban J connectivity index is 2.08. The molecule has 0 saturated carbocycles. The molecule has 0 radical (unpaired) electrons. The smallest absolute Gasteiger partial charge is 0.138 e. The van der Waals surface area contributed by atoms with Gasteiger partial charge in [-0.05, 0) is 42.3 Å². The lowest BCUT2D eigenvalue weighted by Crippen LogP contribution is -1.85. The molecule has 0 bridgehead atoms. The second-order valence-corrected chi connectivity index (χ2v) is 5.07. The molecule has 0 fully saturated rings. The Kier molecular flexibility index (Phi) is 3.17. The second-order valence-electron chi connectivity index (χ2n) is 4.46. The van der Waals surface area contributed by atoms with Crippen molar-refractivity contribution in [2.24, 2.45) is 0 Å². The maximum absolute atomic E-state index is 4.36. The molecule has 0 aliphatic carbocycles. The number of anilines is 1. The van der Waals surface area contributed by atoms with Crippen molar-refractivity contribution in [3.63, 3.8) is 0 Å². The van der Waals surface area contributed by atoms with Crippen molar-refractivity contribution >= 4 is 28.7 Å². The molecular weight excluding hydrogens is 254 g/mol. The van der Waals surface area contributed by atoms with Crippen LogP contribution >= 0.6 is 11.9 Å². The lowest BCUT2D eigenvalue weighted by atomic mass is 10.0. The van der Waals surface area contributed by atoms with Crippen molar-refractivity contribution in [3.8, 4) is 11.1 Å². The Morgan fingerprint density at radius 1 is 1.16 bits per heavy atom. The third-order valence-electron chi connectivity index (χ3n) is 3.08. The Morgan fingerprint density at radius 2 is 1.95 bits per heavy atom. The first-order chi connectivity index (χ1) is 9.28. The topological polar surface area (TPSA) is 40.7 Å². The molecule has 0 aliphatic rings. The standard InChI is InChI=1S/C15H15N3S/c1-10-9-14-13(7-8-16-15(14)17-10)11-3-5-12(6-4-11)18-19-2/h3-9,18H,1-2H3,(H,16,17). The van der Waals surface area contributed by atoms with Crippen molar-refractivity contribution in [3.05, 3.63) is 48.3 Å². The monoisotopic (exact) mass is 269 g/mol. The zero-order valence-electron chi connectivity index (χ0n) is 10.9.